The summed E-state index contributed by atoms with van der Waals surface area (Å²) >= 11 is 1.22. The molecule has 150 valence electrons. The summed E-state index contributed by atoms with van der Waals surface area (Å²) in [7, 11) is 0. The van der Waals surface area contributed by atoms with E-state index in [0.717, 1.165) is 18.8 Å². The summed E-state index contributed by atoms with van der Waals surface area (Å²) in [4.78, 5) is 14.4. The number of fused-ring (bicyclic) bond motifs is 1. The molecule has 0 radical (unpaired) electrons. The van der Waals surface area contributed by atoms with Crippen molar-refractivity contribution in [3.63, 3.8) is 0 Å². The van der Waals surface area contributed by atoms with Crippen LogP contribution in [0.2, 0.25) is 0 Å². The van der Waals surface area contributed by atoms with E-state index in [1.807, 2.05) is 6.07 Å². The monoisotopic (exact) mass is 431 g/mol. The Hall–Kier alpha value is -2.17. The molecule has 1 N–H and O–H groups in total. The number of rotatable bonds is 4. The largest absolute Gasteiger partial charge is 0.490 e. The molecule has 0 amide bonds. The van der Waals surface area contributed by atoms with Crippen molar-refractivity contribution in [3.8, 4) is 5.75 Å². The van der Waals surface area contributed by atoms with Crippen LogP contribution >= 0.6 is 23.7 Å². The van der Waals surface area contributed by atoms with Gasteiger partial charge in [0, 0.05) is 32.0 Å². The van der Waals surface area contributed by atoms with Crippen LogP contribution in [0.4, 0.5) is 18.3 Å². The van der Waals surface area contributed by atoms with Gasteiger partial charge in [-0.25, -0.2) is 4.98 Å². The van der Waals surface area contributed by atoms with E-state index in [1.54, 1.807) is 18.5 Å². The minimum Gasteiger partial charge on any atom is -0.490 e. The van der Waals surface area contributed by atoms with Gasteiger partial charge in [-0.05, 0) is 18.2 Å². The molecule has 0 bridgehead atoms. The third kappa shape index (κ3) is 4.45. The molecule has 1 saturated heterocycles. The molecule has 0 saturated carbocycles. The molecule has 28 heavy (non-hydrogen) atoms. The van der Waals surface area contributed by atoms with Gasteiger partial charge in [0.25, 0.3) is 0 Å². The van der Waals surface area contributed by atoms with Gasteiger partial charge in [-0.1, -0.05) is 11.3 Å². The number of halogens is 4. The van der Waals surface area contributed by atoms with Gasteiger partial charge in [0.15, 0.2) is 10.8 Å². The molecule has 3 aromatic heterocycles. The van der Waals surface area contributed by atoms with Crippen molar-refractivity contribution >= 4 is 39.2 Å². The third-order valence-corrected chi connectivity index (χ3v) is 5.26. The molecule has 1 unspecified atom stereocenters. The lowest BCUT2D eigenvalue weighted by molar-refractivity contribution is -0.137. The van der Waals surface area contributed by atoms with Gasteiger partial charge >= 0.3 is 6.18 Å². The lowest BCUT2D eigenvalue weighted by Crippen LogP contribution is -2.54. The molecule has 11 heteroatoms. The normalized spacial score (nSPS) is 17.4. The van der Waals surface area contributed by atoms with Crippen molar-refractivity contribution in [2.24, 2.45) is 0 Å². The molecular formula is C17H17ClF3N5OS. The summed E-state index contributed by atoms with van der Waals surface area (Å²) in [5.41, 5.74) is -0.435. The summed E-state index contributed by atoms with van der Waals surface area (Å²) in [6.07, 6.45) is -0.279. The Morgan fingerprint density at radius 1 is 1.32 bits per heavy atom. The maximum atomic E-state index is 12.9. The van der Waals surface area contributed by atoms with E-state index in [4.69, 9.17) is 4.74 Å². The van der Waals surface area contributed by atoms with Crippen LogP contribution in [0, 0.1) is 0 Å². The summed E-state index contributed by atoms with van der Waals surface area (Å²) in [5, 5.41) is 3.96. The van der Waals surface area contributed by atoms with Gasteiger partial charge in [-0.2, -0.15) is 18.2 Å². The molecule has 1 fully saturated rings. The number of hydrogen-bond donors (Lipinski definition) is 1. The molecule has 6 nitrogen and oxygen atoms in total. The molecule has 4 rings (SSSR count). The van der Waals surface area contributed by atoms with Crippen LogP contribution in [0.1, 0.15) is 5.56 Å². The smallest absolute Gasteiger partial charge is 0.417 e. The number of ether oxygens (including phenoxy) is 1. The van der Waals surface area contributed by atoms with E-state index in [2.05, 4.69) is 25.2 Å². The fourth-order valence-corrected chi connectivity index (χ4v) is 3.93. The van der Waals surface area contributed by atoms with Crippen molar-refractivity contribution < 1.29 is 17.9 Å². The Labute approximate surface area is 169 Å². The number of anilines is 1. The van der Waals surface area contributed by atoms with E-state index in [1.165, 1.54) is 11.3 Å². The Morgan fingerprint density at radius 2 is 2.18 bits per heavy atom. The van der Waals surface area contributed by atoms with E-state index >= 15 is 0 Å². The second-order valence-electron chi connectivity index (χ2n) is 6.09. The van der Waals surface area contributed by atoms with Gasteiger partial charge in [-0.3, -0.25) is 4.98 Å². The number of hydrogen-bond acceptors (Lipinski definition) is 7. The molecule has 0 aromatic carbocycles. The Kier molecular flexibility index (Phi) is 6.21. The van der Waals surface area contributed by atoms with Crippen LogP contribution in [0.15, 0.2) is 36.8 Å². The second kappa shape index (κ2) is 8.46. The first kappa shape index (κ1) is 20.6. The molecular weight excluding hydrogens is 415 g/mol. The molecule has 1 atom stereocenters. The number of nitrogens with zero attached hydrogens (tertiary/aromatic N) is 4. The van der Waals surface area contributed by atoms with Crippen LogP contribution in [0.25, 0.3) is 10.3 Å². The minimum absolute atomic E-state index is 0. The topological polar surface area (TPSA) is 63.2 Å². The van der Waals surface area contributed by atoms with Crippen LogP contribution < -0.4 is 15.0 Å². The first-order chi connectivity index (χ1) is 13.0. The zero-order valence-corrected chi connectivity index (χ0v) is 16.2. The van der Waals surface area contributed by atoms with E-state index in [9.17, 15) is 13.2 Å². The number of alkyl halides is 3. The molecule has 3 aromatic rings. The zero-order valence-electron chi connectivity index (χ0n) is 14.5. The fourth-order valence-electron chi connectivity index (χ4n) is 2.87. The van der Waals surface area contributed by atoms with Crippen molar-refractivity contribution in [1.29, 1.82) is 0 Å². The van der Waals surface area contributed by atoms with Crippen LogP contribution in [0.3, 0.4) is 0 Å². The summed E-state index contributed by atoms with van der Waals surface area (Å²) < 4.78 is 44.9. The minimum atomic E-state index is -4.42. The maximum absolute atomic E-state index is 12.9. The fraction of sp³-hybridized carbons (Fsp3) is 0.353. The lowest BCUT2D eigenvalue weighted by atomic mass is 10.2. The molecule has 0 aliphatic carbocycles. The van der Waals surface area contributed by atoms with Crippen LogP contribution in [-0.4, -0.2) is 47.2 Å². The van der Waals surface area contributed by atoms with Gasteiger partial charge in [0.1, 0.15) is 12.4 Å². The first-order valence-corrected chi connectivity index (χ1v) is 9.16. The summed E-state index contributed by atoms with van der Waals surface area (Å²) in [5.74, 6) is 0.670. The lowest BCUT2D eigenvalue weighted by Gasteiger charge is -2.35. The van der Waals surface area contributed by atoms with E-state index < -0.39 is 11.7 Å². The third-order valence-electron chi connectivity index (χ3n) is 4.24. The number of thiazole rings is 1. The highest BCUT2D eigenvalue weighted by Crippen LogP contribution is 2.34. The maximum Gasteiger partial charge on any atom is 0.417 e. The van der Waals surface area contributed by atoms with Crippen molar-refractivity contribution in [2.45, 2.75) is 12.2 Å². The zero-order chi connectivity index (χ0) is 18.9. The van der Waals surface area contributed by atoms with Crippen LogP contribution in [0.5, 0.6) is 5.75 Å². The summed E-state index contributed by atoms with van der Waals surface area (Å²) in [6.45, 7) is 2.56. The molecule has 0 spiro atoms. The standard InChI is InChI=1S/C17H16F3N5OS.ClH/c18-17(19,20)11-6-14-15(23-7-11)24-16(27-14)25-5-4-22-8-12(25)10-26-13-2-1-3-21-9-13;/h1-3,6-7,9,12,22H,4-5,8,10H2;1H. The molecule has 1 aliphatic rings. The average Bonchev–Trinajstić information content (AvgIpc) is 3.10. The van der Waals surface area contributed by atoms with Crippen molar-refractivity contribution in [3.05, 3.63) is 42.4 Å². The number of pyridine rings is 2. The number of nitrogens with one attached hydrogen (secondary N) is 1. The van der Waals surface area contributed by atoms with Gasteiger partial charge in [0.2, 0.25) is 0 Å². The number of aromatic nitrogens is 3. The first-order valence-electron chi connectivity index (χ1n) is 8.35. The Balaban J connectivity index is 0.00000225. The van der Waals surface area contributed by atoms with E-state index in [-0.39, 0.29) is 18.4 Å². The van der Waals surface area contributed by atoms with Gasteiger partial charge in [-0.15, -0.1) is 12.4 Å². The highest BCUT2D eigenvalue weighted by molar-refractivity contribution is 7.22. The second-order valence-corrected chi connectivity index (χ2v) is 7.10. The highest BCUT2D eigenvalue weighted by atomic mass is 35.5. The Morgan fingerprint density at radius 3 is 2.93 bits per heavy atom. The predicted octanol–water partition coefficient (Wildman–Crippen LogP) is 3.38. The molecule has 1 aliphatic heterocycles. The predicted molar refractivity (Wildman–Crippen MR) is 103 cm³/mol. The highest BCUT2D eigenvalue weighted by Gasteiger charge is 2.32. The van der Waals surface area contributed by atoms with Gasteiger partial charge in [0.05, 0.1) is 22.5 Å². The molecule has 4 heterocycles. The SMILES string of the molecule is Cl.FC(F)(F)c1cnc2nc(N3CCNCC3COc3cccnc3)sc2c1. The number of piperazine rings is 1. The quantitative estimate of drug-likeness (QED) is 0.683. The average molecular weight is 432 g/mol. The Bertz CT molecular complexity index is 924. The van der Waals surface area contributed by atoms with E-state index in [0.29, 0.717) is 40.9 Å². The summed E-state index contributed by atoms with van der Waals surface area (Å²) in [6, 6.07) is 4.73. The van der Waals surface area contributed by atoms with Gasteiger partial charge < -0.3 is 15.0 Å². The van der Waals surface area contributed by atoms with Crippen molar-refractivity contribution in [2.75, 3.05) is 31.1 Å². The van der Waals surface area contributed by atoms with Crippen LogP contribution in [-0.2, 0) is 6.18 Å². The van der Waals surface area contributed by atoms with Crippen molar-refractivity contribution in [1.82, 2.24) is 20.3 Å².